The Labute approximate surface area is 161 Å². The minimum atomic E-state index is -0.471. The SMILES string of the molecule is COc1cc(NC(=O)c2ccc(Cl)cc2)c(OC)cc1NC(=O)CC(C)=O. The maximum Gasteiger partial charge on any atom is 0.255 e. The van der Waals surface area contributed by atoms with Crippen LogP contribution >= 0.6 is 11.6 Å². The quantitative estimate of drug-likeness (QED) is 0.705. The van der Waals surface area contributed by atoms with E-state index in [9.17, 15) is 14.4 Å². The number of methoxy groups -OCH3 is 2. The van der Waals surface area contributed by atoms with Crippen molar-refractivity contribution in [3.63, 3.8) is 0 Å². The third kappa shape index (κ3) is 5.46. The van der Waals surface area contributed by atoms with Gasteiger partial charge in [-0.25, -0.2) is 0 Å². The smallest absolute Gasteiger partial charge is 0.255 e. The lowest BCUT2D eigenvalue weighted by Crippen LogP contribution is -2.16. The fraction of sp³-hybridized carbons (Fsp3) is 0.211. The minimum absolute atomic E-state index is 0.249. The number of carbonyl (C=O) groups is 3. The number of hydrogen-bond donors (Lipinski definition) is 2. The lowest BCUT2D eigenvalue weighted by molar-refractivity contribution is -0.124. The molecule has 0 unspecified atom stereocenters. The Bertz CT molecular complexity index is 865. The van der Waals surface area contributed by atoms with Gasteiger partial charge in [-0.1, -0.05) is 11.6 Å². The number of rotatable bonds is 7. The van der Waals surface area contributed by atoms with Crippen LogP contribution in [-0.2, 0) is 9.59 Å². The Kier molecular flexibility index (Phi) is 6.79. The van der Waals surface area contributed by atoms with Gasteiger partial charge in [-0.2, -0.15) is 0 Å². The Hall–Kier alpha value is -3.06. The third-order valence-corrected chi connectivity index (χ3v) is 3.81. The largest absolute Gasteiger partial charge is 0.494 e. The van der Waals surface area contributed by atoms with Gasteiger partial charge in [-0.3, -0.25) is 14.4 Å². The molecule has 0 aliphatic rings. The zero-order valence-corrected chi connectivity index (χ0v) is 15.8. The van der Waals surface area contributed by atoms with E-state index in [4.69, 9.17) is 21.1 Å². The molecule has 2 rings (SSSR count). The lowest BCUT2D eigenvalue weighted by atomic mass is 10.2. The summed E-state index contributed by atoms with van der Waals surface area (Å²) in [5, 5.41) is 5.85. The van der Waals surface area contributed by atoms with Gasteiger partial charge in [0.05, 0.1) is 32.0 Å². The summed E-state index contributed by atoms with van der Waals surface area (Å²) in [6, 6.07) is 9.45. The summed E-state index contributed by atoms with van der Waals surface area (Å²) in [6.07, 6.45) is -0.249. The molecule has 0 bridgehead atoms. The summed E-state index contributed by atoms with van der Waals surface area (Å²) in [7, 11) is 2.86. The number of anilines is 2. The van der Waals surface area contributed by atoms with Crippen molar-refractivity contribution in [2.75, 3.05) is 24.9 Å². The van der Waals surface area contributed by atoms with Gasteiger partial charge in [0.1, 0.15) is 17.3 Å². The topological polar surface area (TPSA) is 93.7 Å². The highest BCUT2D eigenvalue weighted by molar-refractivity contribution is 6.30. The summed E-state index contributed by atoms with van der Waals surface area (Å²) in [5.41, 5.74) is 1.10. The van der Waals surface area contributed by atoms with Crippen molar-refractivity contribution >= 4 is 40.6 Å². The van der Waals surface area contributed by atoms with Gasteiger partial charge in [0.25, 0.3) is 5.91 Å². The van der Waals surface area contributed by atoms with Crippen LogP contribution < -0.4 is 20.1 Å². The first kappa shape index (κ1) is 20.3. The molecule has 2 amide bonds. The van der Waals surface area contributed by atoms with Gasteiger partial charge in [0.15, 0.2) is 0 Å². The van der Waals surface area contributed by atoms with Crippen LogP contribution in [-0.4, -0.2) is 31.8 Å². The van der Waals surface area contributed by atoms with E-state index in [2.05, 4.69) is 10.6 Å². The molecule has 0 spiro atoms. The second kappa shape index (κ2) is 9.05. The Morgan fingerprint density at radius 3 is 1.93 bits per heavy atom. The number of benzene rings is 2. The van der Waals surface area contributed by atoms with E-state index in [-0.39, 0.29) is 18.1 Å². The number of ether oxygens (including phenoxy) is 2. The van der Waals surface area contributed by atoms with E-state index in [1.165, 1.54) is 33.3 Å². The van der Waals surface area contributed by atoms with Crippen LogP contribution in [0.5, 0.6) is 11.5 Å². The molecule has 0 aliphatic carbocycles. The van der Waals surface area contributed by atoms with Gasteiger partial charge in [0, 0.05) is 22.7 Å². The molecule has 2 N–H and O–H groups in total. The summed E-state index contributed by atoms with van der Waals surface area (Å²) in [4.78, 5) is 35.4. The highest BCUT2D eigenvalue weighted by Gasteiger charge is 2.16. The standard InChI is InChI=1S/C19H19ClN2O5/c1-11(23)8-18(24)21-14-9-17(27-3)15(10-16(14)26-2)22-19(25)12-4-6-13(20)7-5-12/h4-7,9-10H,8H2,1-3H3,(H,21,24)(H,22,25). The van der Waals surface area contributed by atoms with Gasteiger partial charge >= 0.3 is 0 Å². The minimum Gasteiger partial charge on any atom is -0.494 e. The summed E-state index contributed by atoms with van der Waals surface area (Å²) >= 11 is 5.83. The van der Waals surface area contributed by atoms with Crippen LogP contribution in [0, 0.1) is 0 Å². The molecule has 0 aliphatic heterocycles. The van der Waals surface area contributed by atoms with E-state index < -0.39 is 5.91 Å². The Morgan fingerprint density at radius 2 is 1.44 bits per heavy atom. The van der Waals surface area contributed by atoms with Crippen LogP contribution in [0.1, 0.15) is 23.7 Å². The molecule has 2 aromatic rings. The van der Waals surface area contributed by atoms with Gasteiger partial charge in [0.2, 0.25) is 5.91 Å². The molecular weight excluding hydrogens is 372 g/mol. The maximum absolute atomic E-state index is 12.4. The molecule has 0 radical (unpaired) electrons. The van der Waals surface area contributed by atoms with Crippen molar-refractivity contribution < 1.29 is 23.9 Å². The molecule has 0 heterocycles. The molecule has 0 atom stereocenters. The van der Waals surface area contributed by atoms with Gasteiger partial charge in [-0.15, -0.1) is 0 Å². The van der Waals surface area contributed by atoms with Gasteiger partial charge in [-0.05, 0) is 31.2 Å². The van der Waals surface area contributed by atoms with Crippen LogP contribution in [0.15, 0.2) is 36.4 Å². The van der Waals surface area contributed by atoms with E-state index in [1.54, 1.807) is 24.3 Å². The van der Waals surface area contributed by atoms with E-state index >= 15 is 0 Å². The molecule has 2 aromatic carbocycles. The second-order valence-corrected chi connectivity index (χ2v) is 6.08. The predicted octanol–water partition coefficient (Wildman–Crippen LogP) is 3.53. The van der Waals surface area contributed by atoms with Gasteiger partial charge < -0.3 is 20.1 Å². The molecule has 0 aromatic heterocycles. The molecule has 7 nitrogen and oxygen atoms in total. The average molecular weight is 391 g/mol. The van der Waals surface area contributed by atoms with E-state index in [0.717, 1.165) is 0 Å². The molecule has 0 fully saturated rings. The first-order valence-corrected chi connectivity index (χ1v) is 8.34. The number of halogens is 1. The summed E-state index contributed by atoms with van der Waals surface area (Å²) < 4.78 is 10.6. The second-order valence-electron chi connectivity index (χ2n) is 5.64. The Morgan fingerprint density at radius 1 is 0.926 bits per heavy atom. The maximum atomic E-state index is 12.4. The molecule has 27 heavy (non-hydrogen) atoms. The zero-order valence-electron chi connectivity index (χ0n) is 15.1. The fourth-order valence-corrected chi connectivity index (χ4v) is 2.44. The van der Waals surface area contributed by atoms with Crippen LogP contribution in [0.4, 0.5) is 11.4 Å². The number of Topliss-reactive ketones (excluding diaryl/α,β-unsaturated/α-hetero) is 1. The van der Waals surface area contributed by atoms with Crippen LogP contribution in [0.2, 0.25) is 5.02 Å². The molecular formula is C19H19ClN2O5. The number of amides is 2. The van der Waals surface area contributed by atoms with Crippen molar-refractivity contribution in [1.29, 1.82) is 0 Å². The normalized spacial score (nSPS) is 10.1. The Balaban J connectivity index is 2.28. The van der Waals surface area contributed by atoms with E-state index in [0.29, 0.717) is 33.5 Å². The number of nitrogens with one attached hydrogen (secondary N) is 2. The molecule has 142 valence electrons. The highest BCUT2D eigenvalue weighted by Crippen LogP contribution is 2.36. The first-order chi connectivity index (χ1) is 12.8. The summed E-state index contributed by atoms with van der Waals surface area (Å²) in [5.74, 6) is -0.471. The average Bonchev–Trinajstić information content (AvgIpc) is 2.62. The number of carbonyl (C=O) groups excluding carboxylic acids is 3. The number of ketones is 1. The van der Waals surface area contributed by atoms with E-state index in [1.807, 2.05) is 0 Å². The van der Waals surface area contributed by atoms with Crippen molar-refractivity contribution in [3.05, 3.63) is 47.0 Å². The van der Waals surface area contributed by atoms with Crippen LogP contribution in [0.3, 0.4) is 0 Å². The third-order valence-electron chi connectivity index (χ3n) is 3.56. The monoisotopic (exact) mass is 390 g/mol. The molecule has 8 heteroatoms. The predicted molar refractivity (Wildman–Crippen MR) is 103 cm³/mol. The number of hydrogen-bond acceptors (Lipinski definition) is 5. The zero-order chi connectivity index (χ0) is 20.0. The van der Waals surface area contributed by atoms with Crippen molar-refractivity contribution in [2.24, 2.45) is 0 Å². The molecule has 0 saturated heterocycles. The fourth-order valence-electron chi connectivity index (χ4n) is 2.31. The lowest BCUT2D eigenvalue weighted by Gasteiger charge is -2.16. The summed E-state index contributed by atoms with van der Waals surface area (Å²) in [6.45, 7) is 1.33. The van der Waals surface area contributed by atoms with Crippen LogP contribution in [0.25, 0.3) is 0 Å². The van der Waals surface area contributed by atoms with Crippen molar-refractivity contribution in [3.8, 4) is 11.5 Å². The molecule has 0 saturated carbocycles. The first-order valence-electron chi connectivity index (χ1n) is 7.96. The van der Waals surface area contributed by atoms with Crippen molar-refractivity contribution in [2.45, 2.75) is 13.3 Å². The highest BCUT2D eigenvalue weighted by atomic mass is 35.5. The van der Waals surface area contributed by atoms with Crippen molar-refractivity contribution in [1.82, 2.24) is 0 Å².